The van der Waals surface area contributed by atoms with Crippen molar-refractivity contribution in [2.24, 2.45) is 0 Å². The van der Waals surface area contributed by atoms with E-state index < -0.39 is 38.6 Å². The molecule has 1 aromatic carbocycles. The molecule has 1 N–H and O–H groups in total. The van der Waals surface area contributed by atoms with Crippen LogP contribution in [0.3, 0.4) is 0 Å². The summed E-state index contributed by atoms with van der Waals surface area (Å²) in [4.78, 5) is 10.5. The van der Waals surface area contributed by atoms with Crippen LogP contribution in [0.25, 0.3) is 0 Å². The van der Waals surface area contributed by atoms with Crippen molar-refractivity contribution in [3.63, 3.8) is 0 Å². The van der Waals surface area contributed by atoms with E-state index in [1.165, 1.54) is 0 Å². The van der Waals surface area contributed by atoms with Gasteiger partial charge in [0.1, 0.15) is 6.04 Å². The van der Waals surface area contributed by atoms with Crippen molar-refractivity contribution < 1.29 is 27.1 Å². The molecule has 0 aromatic heterocycles. The number of nitrogens with zero attached hydrogens (tertiary/aromatic N) is 1. The van der Waals surface area contributed by atoms with Gasteiger partial charge in [-0.2, -0.15) is 4.31 Å². The Morgan fingerprint density at radius 1 is 1.37 bits per heavy atom. The lowest BCUT2D eigenvalue weighted by Gasteiger charge is -2.20. The van der Waals surface area contributed by atoms with Crippen molar-refractivity contribution in [2.75, 3.05) is 11.6 Å². The van der Waals surface area contributed by atoms with Crippen LogP contribution in [0.2, 0.25) is 0 Å². The molecule has 104 valence electrons. The van der Waals surface area contributed by atoms with E-state index >= 15 is 0 Å². The number of aliphatic carboxylic acids is 1. The second-order valence-corrected chi connectivity index (χ2v) is 6.71. The number of thioether (sulfide) groups is 1. The predicted octanol–water partition coefficient (Wildman–Crippen LogP) is 1.11. The molecule has 1 heterocycles. The molecule has 0 amide bonds. The average molecular weight is 309 g/mol. The molecule has 1 fully saturated rings. The number of hydrogen-bond donors (Lipinski definition) is 1. The average Bonchev–Trinajstić information content (AvgIpc) is 2.82. The monoisotopic (exact) mass is 309 g/mol. The van der Waals surface area contributed by atoms with Gasteiger partial charge in [0.15, 0.2) is 11.6 Å². The summed E-state index contributed by atoms with van der Waals surface area (Å²) in [6, 6.07) is 0.965. The predicted molar refractivity (Wildman–Crippen MR) is 64.1 cm³/mol. The van der Waals surface area contributed by atoms with E-state index in [0.717, 1.165) is 22.1 Å². The third-order valence-electron chi connectivity index (χ3n) is 2.62. The lowest BCUT2D eigenvalue weighted by molar-refractivity contribution is -0.140. The molecule has 0 radical (unpaired) electrons. The quantitative estimate of drug-likeness (QED) is 0.905. The molecule has 9 heteroatoms. The van der Waals surface area contributed by atoms with Crippen LogP contribution < -0.4 is 0 Å². The molecule has 0 spiro atoms. The maximum absolute atomic E-state index is 13.1. The first-order chi connectivity index (χ1) is 8.84. The van der Waals surface area contributed by atoms with Gasteiger partial charge in [-0.15, -0.1) is 11.8 Å². The van der Waals surface area contributed by atoms with E-state index in [1.54, 1.807) is 0 Å². The standard InChI is InChI=1S/C10H9F2NO4S2/c11-7-2-1-6(3-8(7)12)19(16,17)13-5-18-4-9(13)10(14)15/h1-3,9H,4-5H2,(H,14,15)/t9-/m0/s1. The molecule has 1 atom stereocenters. The smallest absolute Gasteiger partial charge is 0.322 e. The molecule has 1 aliphatic rings. The van der Waals surface area contributed by atoms with Crippen molar-refractivity contribution in [2.45, 2.75) is 10.9 Å². The maximum atomic E-state index is 13.1. The summed E-state index contributed by atoms with van der Waals surface area (Å²) in [7, 11) is -4.15. The van der Waals surface area contributed by atoms with Crippen LogP contribution in [0.4, 0.5) is 8.78 Å². The Hall–Kier alpha value is -1.19. The summed E-state index contributed by atoms with van der Waals surface area (Å²) in [5.41, 5.74) is 0. The Labute approximate surface area is 112 Å². The summed E-state index contributed by atoms with van der Waals surface area (Å²) in [5, 5.41) is 8.94. The Morgan fingerprint density at radius 3 is 2.63 bits per heavy atom. The number of carboxylic acid groups (broad SMARTS) is 1. The second-order valence-electron chi connectivity index (χ2n) is 3.82. The van der Waals surface area contributed by atoms with Crippen molar-refractivity contribution in [3.05, 3.63) is 29.8 Å². The molecule has 0 aliphatic carbocycles. The van der Waals surface area contributed by atoms with Gasteiger partial charge in [0.25, 0.3) is 0 Å². The minimum Gasteiger partial charge on any atom is -0.480 e. The zero-order valence-corrected chi connectivity index (χ0v) is 11.0. The minimum absolute atomic E-state index is 0.0295. The first kappa shape index (κ1) is 14.2. The van der Waals surface area contributed by atoms with Gasteiger partial charge in [-0.25, -0.2) is 17.2 Å². The molecule has 0 saturated carbocycles. The third-order valence-corrected chi connectivity index (χ3v) is 5.65. The Morgan fingerprint density at radius 2 is 2.05 bits per heavy atom. The molecule has 19 heavy (non-hydrogen) atoms. The van der Waals surface area contributed by atoms with Crippen LogP contribution >= 0.6 is 11.8 Å². The van der Waals surface area contributed by atoms with Gasteiger partial charge in [-0.1, -0.05) is 0 Å². The summed E-state index contributed by atoms with van der Waals surface area (Å²) in [6.07, 6.45) is 0. The van der Waals surface area contributed by atoms with E-state index in [-0.39, 0.29) is 11.6 Å². The van der Waals surface area contributed by atoms with Gasteiger partial charge in [0.05, 0.1) is 10.8 Å². The maximum Gasteiger partial charge on any atom is 0.322 e. The molecule has 1 aromatic rings. The van der Waals surface area contributed by atoms with Crippen LogP contribution in [-0.4, -0.2) is 41.5 Å². The van der Waals surface area contributed by atoms with Crippen molar-refractivity contribution >= 4 is 27.8 Å². The second kappa shape index (κ2) is 5.06. The molecule has 5 nitrogen and oxygen atoms in total. The van der Waals surface area contributed by atoms with Crippen LogP contribution in [0.1, 0.15) is 0 Å². The van der Waals surface area contributed by atoms with Crippen LogP contribution in [-0.2, 0) is 14.8 Å². The number of rotatable bonds is 3. The lowest BCUT2D eigenvalue weighted by Crippen LogP contribution is -2.41. The molecule has 1 aliphatic heterocycles. The van der Waals surface area contributed by atoms with Gasteiger partial charge < -0.3 is 5.11 Å². The van der Waals surface area contributed by atoms with Crippen molar-refractivity contribution in [3.8, 4) is 0 Å². The van der Waals surface area contributed by atoms with Gasteiger partial charge in [0.2, 0.25) is 10.0 Å². The number of carbonyl (C=O) groups is 1. The molecule has 0 unspecified atom stereocenters. The zero-order chi connectivity index (χ0) is 14.2. The number of sulfonamides is 1. The van der Waals surface area contributed by atoms with Crippen molar-refractivity contribution in [1.29, 1.82) is 0 Å². The molecule has 0 bridgehead atoms. The highest BCUT2D eigenvalue weighted by Gasteiger charge is 2.40. The van der Waals surface area contributed by atoms with Crippen LogP contribution in [0, 0.1) is 11.6 Å². The van der Waals surface area contributed by atoms with Crippen LogP contribution in [0.5, 0.6) is 0 Å². The molecular weight excluding hydrogens is 300 g/mol. The Kier molecular flexibility index (Phi) is 3.79. The highest BCUT2D eigenvalue weighted by Crippen LogP contribution is 2.28. The van der Waals surface area contributed by atoms with E-state index in [0.29, 0.717) is 12.1 Å². The molecule has 1 saturated heterocycles. The lowest BCUT2D eigenvalue weighted by atomic mass is 10.3. The fourth-order valence-corrected chi connectivity index (χ4v) is 4.78. The molecule has 2 rings (SSSR count). The van der Waals surface area contributed by atoms with E-state index in [9.17, 15) is 22.0 Å². The van der Waals surface area contributed by atoms with E-state index in [4.69, 9.17) is 5.11 Å². The third kappa shape index (κ3) is 2.58. The first-order valence-corrected chi connectivity index (χ1v) is 7.71. The zero-order valence-electron chi connectivity index (χ0n) is 9.42. The van der Waals surface area contributed by atoms with Crippen LogP contribution in [0.15, 0.2) is 23.1 Å². The van der Waals surface area contributed by atoms with Crippen molar-refractivity contribution in [1.82, 2.24) is 4.31 Å². The fourth-order valence-electron chi connectivity index (χ4n) is 1.63. The van der Waals surface area contributed by atoms with E-state index in [1.807, 2.05) is 0 Å². The topological polar surface area (TPSA) is 74.7 Å². The summed E-state index contributed by atoms with van der Waals surface area (Å²) in [5.74, 6) is -3.63. The fraction of sp³-hybridized carbons (Fsp3) is 0.300. The van der Waals surface area contributed by atoms with Gasteiger partial charge in [-0.3, -0.25) is 4.79 Å². The largest absolute Gasteiger partial charge is 0.480 e. The number of halogens is 2. The first-order valence-electron chi connectivity index (χ1n) is 5.11. The SMILES string of the molecule is O=C(O)[C@@H]1CSCN1S(=O)(=O)c1ccc(F)c(F)c1. The normalized spacial score (nSPS) is 20.6. The summed E-state index contributed by atoms with van der Waals surface area (Å²) < 4.78 is 51.0. The Balaban J connectivity index is 2.42. The summed E-state index contributed by atoms with van der Waals surface area (Å²) in [6.45, 7) is 0. The van der Waals surface area contributed by atoms with Gasteiger partial charge >= 0.3 is 5.97 Å². The van der Waals surface area contributed by atoms with E-state index in [2.05, 4.69) is 0 Å². The molecular formula is C10H9F2NO4S2. The number of benzene rings is 1. The minimum atomic E-state index is -4.15. The Bertz CT molecular complexity index is 620. The number of carboxylic acids is 1. The summed E-state index contributed by atoms with van der Waals surface area (Å²) >= 11 is 1.15. The number of hydrogen-bond acceptors (Lipinski definition) is 4. The highest BCUT2D eigenvalue weighted by atomic mass is 32.2. The highest BCUT2D eigenvalue weighted by molar-refractivity contribution is 8.00. The van der Waals surface area contributed by atoms with Gasteiger partial charge in [-0.05, 0) is 18.2 Å². The van der Waals surface area contributed by atoms with Gasteiger partial charge in [0, 0.05) is 5.75 Å².